The molecule has 0 aliphatic carbocycles. The lowest BCUT2D eigenvalue weighted by molar-refractivity contribution is -0.143. The molecular formula is C17H18N2O4. The maximum atomic E-state index is 12.7. The highest BCUT2D eigenvalue weighted by Crippen LogP contribution is 2.22. The number of pyridine rings is 1. The molecule has 0 saturated carbocycles. The highest BCUT2D eigenvalue weighted by molar-refractivity contribution is 5.95. The first-order chi connectivity index (χ1) is 11.1. The number of hydrogen-bond acceptors (Lipinski definition) is 4. The first-order valence-corrected chi connectivity index (χ1v) is 7.60. The van der Waals surface area contributed by atoms with Crippen molar-refractivity contribution < 1.29 is 19.1 Å². The summed E-state index contributed by atoms with van der Waals surface area (Å²) in [5.41, 5.74) is 1.79. The summed E-state index contributed by atoms with van der Waals surface area (Å²) in [4.78, 5) is 29.8. The SMILES string of the molecule is Cc1nc(-c2ccco2)ccc1C(=O)N1CCCC(C(=O)O)C1. The van der Waals surface area contributed by atoms with E-state index in [1.165, 1.54) is 0 Å². The number of furan rings is 1. The maximum Gasteiger partial charge on any atom is 0.308 e. The quantitative estimate of drug-likeness (QED) is 0.941. The van der Waals surface area contributed by atoms with E-state index >= 15 is 0 Å². The van der Waals surface area contributed by atoms with Crippen LogP contribution in [-0.4, -0.2) is 40.0 Å². The molecule has 3 heterocycles. The predicted molar refractivity (Wildman–Crippen MR) is 82.9 cm³/mol. The fraction of sp³-hybridized carbons (Fsp3) is 0.353. The van der Waals surface area contributed by atoms with Gasteiger partial charge in [0, 0.05) is 13.1 Å². The Balaban J connectivity index is 1.81. The number of carboxylic acid groups (broad SMARTS) is 1. The van der Waals surface area contributed by atoms with Gasteiger partial charge in [-0.05, 0) is 44.0 Å². The minimum atomic E-state index is -0.842. The Morgan fingerprint density at radius 2 is 2.17 bits per heavy atom. The Hall–Kier alpha value is -2.63. The number of amides is 1. The summed E-state index contributed by atoms with van der Waals surface area (Å²) < 4.78 is 5.31. The smallest absolute Gasteiger partial charge is 0.308 e. The van der Waals surface area contributed by atoms with Gasteiger partial charge >= 0.3 is 5.97 Å². The summed E-state index contributed by atoms with van der Waals surface area (Å²) in [7, 11) is 0. The molecule has 1 atom stereocenters. The standard InChI is InChI=1S/C17H18N2O4/c1-11-13(6-7-14(18-11)15-5-3-9-23-15)16(20)19-8-2-4-12(10-19)17(21)22/h3,5-7,9,12H,2,4,8,10H2,1H3,(H,21,22). The van der Waals surface area contributed by atoms with Gasteiger partial charge in [-0.3, -0.25) is 9.59 Å². The van der Waals surface area contributed by atoms with Crippen LogP contribution in [0.15, 0.2) is 34.9 Å². The minimum absolute atomic E-state index is 0.160. The third kappa shape index (κ3) is 3.11. The van der Waals surface area contributed by atoms with Crippen molar-refractivity contribution in [1.29, 1.82) is 0 Å². The van der Waals surface area contributed by atoms with Crippen molar-refractivity contribution in [3.8, 4) is 11.5 Å². The van der Waals surface area contributed by atoms with Crippen molar-refractivity contribution in [1.82, 2.24) is 9.88 Å². The lowest BCUT2D eigenvalue weighted by Crippen LogP contribution is -2.42. The summed E-state index contributed by atoms with van der Waals surface area (Å²) >= 11 is 0. The Labute approximate surface area is 133 Å². The molecule has 1 aliphatic rings. The monoisotopic (exact) mass is 314 g/mol. The van der Waals surface area contributed by atoms with E-state index in [-0.39, 0.29) is 12.5 Å². The fourth-order valence-corrected chi connectivity index (χ4v) is 2.88. The summed E-state index contributed by atoms with van der Waals surface area (Å²) in [6.45, 7) is 2.62. The van der Waals surface area contributed by atoms with Crippen molar-refractivity contribution in [2.24, 2.45) is 5.92 Å². The van der Waals surface area contributed by atoms with Crippen molar-refractivity contribution in [3.63, 3.8) is 0 Å². The van der Waals surface area contributed by atoms with E-state index in [9.17, 15) is 9.59 Å². The molecule has 0 spiro atoms. The largest absolute Gasteiger partial charge is 0.481 e. The summed E-state index contributed by atoms with van der Waals surface area (Å²) in [5.74, 6) is -0.836. The predicted octanol–water partition coefficient (Wildman–Crippen LogP) is 2.59. The molecule has 0 aromatic carbocycles. The lowest BCUT2D eigenvalue weighted by atomic mass is 9.97. The normalized spacial score (nSPS) is 18.0. The van der Waals surface area contributed by atoms with Crippen LogP contribution in [0.2, 0.25) is 0 Å². The number of likely N-dealkylation sites (tertiary alicyclic amines) is 1. The molecule has 1 saturated heterocycles. The number of aryl methyl sites for hydroxylation is 1. The third-order valence-electron chi connectivity index (χ3n) is 4.15. The number of carbonyl (C=O) groups is 2. The van der Waals surface area contributed by atoms with E-state index in [0.717, 1.165) is 0 Å². The van der Waals surface area contributed by atoms with Gasteiger partial charge in [0.25, 0.3) is 5.91 Å². The lowest BCUT2D eigenvalue weighted by Gasteiger charge is -2.31. The summed E-state index contributed by atoms with van der Waals surface area (Å²) in [6, 6.07) is 7.07. The van der Waals surface area contributed by atoms with Gasteiger partial charge in [0.15, 0.2) is 5.76 Å². The number of nitrogens with zero attached hydrogens (tertiary/aromatic N) is 2. The van der Waals surface area contributed by atoms with Crippen molar-refractivity contribution in [3.05, 3.63) is 41.8 Å². The van der Waals surface area contributed by atoms with E-state index in [1.807, 2.05) is 6.07 Å². The molecule has 0 radical (unpaired) electrons. The highest BCUT2D eigenvalue weighted by Gasteiger charge is 2.29. The van der Waals surface area contributed by atoms with Crippen molar-refractivity contribution >= 4 is 11.9 Å². The minimum Gasteiger partial charge on any atom is -0.481 e. The van der Waals surface area contributed by atoms with Crippen molar-refractivity contribution in [2.75, 3.05) is 13.1 Å². The number of carbonyl (C=O) groups excluding carboxylic acids is 1. The first kappa shape index (κ1) is 15.3. The molecule has 1 amide bonds. The van der Waals surface area contributed by atoms with Crippen LogP contribution < -0.4 is 0 Å². The molecule has 1 unspecified atom stereocenters. The summed E-state index contributed by atoms with van der Waals surface area (Å²) in [6.07, 6.45) is 2.90. The number of hydrogen-bond donors (Lipinski definition) is 1. The number of piperidine rings is 1. The van der Waals surface area contributed by atoms with Gasteiger partial charge in [0.1, 0.15) is 5.69 Å². The topological polar surface area (TPSA) is 83.6 Å². The molecule has 1 fully saturated rings. The number of aromatic nitrogens is 1. The molecule has 6 heteroatoms. The van der Waals surface area contributed by atoms with E-state index in [2.05, 4.69) is 4.98 Å². The van der Waals surface area contributed by atoms with Crippen LogP contribution in [-0.2, 0) is 4.79 Å². The summed E-state index contributed by atoms with van der Waals surface area (Å²) in [5, 5.41) is 9.14. The zero-order valence-electron chi connectivity index (χ0n) is 12.9. The molecule has 6 nitrogen and oxygen atoms in total. The van der Waals surface area contributed by atoms with Crippen LogP contribution in [0, 0.1) is 12.8 Å². The molecule has 1 N–H and O–H groups in total. The van der Waals surface area contributed by atoms with Crippen molar-refractivity contribution in [2.45, 2.75) is 19.8 Å². The van der Waals surface area contributed by atoms with Crippen LogP contribution >= 0.6 is 0 Å². The molecule has 2 aromatic rings. The van der Waals surface area contributed by atoms with E-state index < -0.39 is 11.9 Å². The van der Waals surface area contributed by atoms with Gasteiger partial charge in [-0.2, -0.15) is 0 Å². The molecular weight excluding hydrogens is 296 g/mol. The third-order valence-corrected chi connectivity index (χ3v) is 4.15. The second-order valence-electron chi connectivity index (χ2n) is 5.74. The average Bonchev–Trinajstić information content (AvgIpc) is 3.08. The fourth-order valence-electron chi connectivity index (χ4n) is 2.88. The van der Waals surface area contributed by atoms with Gasteiger partial charge < -0.3 is 14.4 Å². The number of carboxylic acids is 1. The van der Waals surface area contributed by atoms with Crippen LogP contribution in [0.4, 0.5) is 0 Å². The first-order valence-electron chi connectivity index (χ1n) is 7.60. The average molecular weight is 314 g/mol. The van der Waals surface area contributed by atoms with Crippen LogP contribution in [0.1, 0.15) is 28.9 Å². The van der Waals surface area contributed by atoms with Crippen LogP contribution in [0.5, 0.6) is 0 Å². The van der Waals surface area contributed by atoms with E-state index in [1.54, 1.807) is 36.3 Å². The molecule has 3 rings (SSSR count). The van der Waals surface area contributed by atoms with Crippen LogP contribution in [0.3, 0.4) is 0 Å². The van der Waals surface area contributed by atoms with Gasteiger partial charge in [0.2, 0.25) is 0 Å². The maximum absolute atomic E-state index is 12.7. The van der Waals surface area contributed by atoms with E-state index in [0.29, 0.717) is 42.1 Å². The Morgan fingerprint density at radius 1 is 1.35 bits per heavy atom. The van der Waals surface area contributed by atoms with Gasteiger partial charge in [-0.25, -0.2) is 4.98 Å². The zero-order valence-corrected chi connectivity index (χ0v) is 12.9. The molecule has 23 heavy (non-hydrogen) atoms. The Kier molecular flexibility index (Phi) is 4.14. The highest BCUT2D eigenvalue weighted by atomic mass is 16.4. The molecule has 120 valence electrons. The second-order valence-corrected chi connectivity index (χ2v) is 5.74. The Morgan fingerprint density at radius 3 is 2.83 bits per heavy atom. The second kappa shape index (κ2) is 6.24. The van der Waals surface area contributed by atoms with Gasteiger partial charge in [0.05, 0.1) is 23.4 Å². The number of rotatable bonds is 3. The Bertz CT molecular complexity index is 724. The number of aliphatic carboxylic acids is 1. The van der Waals surface area contributed by atoms with E-state index in [4.69, 9.17) is 9.52 Å². The molecule has 0 bridgehead atoms. The molecule has 2 aromatic heterocycles. The zero-order chi connectivity index (χ0) is 16.4. The van der Waals surface area contributed by atoms with Gasteiger partial charge in [-0.15, -0.1) is 0 Å². The van der Waals surface area contributed by atoms with Crippen LogP contribution in [0.25, 0.3) is 11.5 Å². The molecule has 1 aliphatic heterocycles. The van der Waals surface area contributed by atoms with Gasteiger partial charge in [-0.1, -0.05) is 0 Å².